The van der Waals surface area contributed by atoms with Gasteiger partial charge in [0.2, 0.25) is 0 Å². The van der Waals surface area contributed by atoms with Gasteiger partial charge < -0.3 is 5.11 Å². The number of benzene rings is 1. The highest BCUT2D eigenvalue weighted by atomic mass is 79.9. The Kier molecular flexibility index (Phi) is 3.16. The number of hydrogen-bond donors (Lipinski definition) is 1. The van der Waals surface area contributed by atoms with E-state index in [0.717, 1.165) is 20.1 Å². The van der Waals surface area contributed by atoms with E-state index in [1.165, 1.54) is 0 Å². The monoisotopic (exact) mass is 319 g/mol. The molecule has 2 aromatic heterocycles. The van der Waals surface area contributed by atoms with Gasteiger partial charge in [-0.2, -0.15) is 0 Å². The molecule has 0 spiro atoms. The third-order valence-corrected chi connectivity index (χ3v) is 4.50. The average Bonchev–Trinajstić information content (AvgIpc) is 2.86. The SMILES string of the molecule is OC(c1ncccc1Br)c1cccc2ccsc12. The summed E-state index contributed by atoms with van der Waals surface area (Å²) in [6, 6.07) is 11.8. The number of halogens is 1. The Morgan fingerprint density at radius 1 is 1.17 bits per heavy atom. The summed E-state index contributed by atoms with van der Waals surface area (Å²) in [5.74, 6) is 0. The highest BCUT2D eigenvalue weighted by Crippen LogP contribution is 2.33. The van der Waals surface area contributed by atoms with Crippen molar-refractivity contribution in [1.82, 2.24) is 4.98 Å². The number of nitrogens with zero attached hydrogens (tertiary/aromatic N) is 1. The summed E-state index contributed by atoms with van der Waals surface area (Å²) >= 11 is 5.07. The molecule has 1 unspecified atom stereocenters. The van der Waals surface area contributed by atoms with Crippen molar-refractivity contribution in [3.05, 3.63) is 63.7 Å². The summed E-state index contributed by atoms with van der Waals surface area (Å²) < 4.78 is 1.94. The van der Waals surface area contributed by atoms with Crippen LogP contribution in [0.2, 0.25) is 0 Å². The molecular weight excluding hydrogens is 310 g/mol. The van der Waals surface area contributed by atoms with Crippen molar-refractivity contribution >= 4 is 37.4 Å². The van der Waals surface area contributed by atoms with Crippen LogP contribution in [0, 0.1) is 0 Å². The molecule has 1 atom stereocenters. The Labute approximate surface area is 117 Å². The Morgan fingerprint density at radius 3 is 2.89 bits per heavy atom. The minimum Gasteiger partial charge on any atom is -0.382 e. The van der Waals surface area contributed by atoms with Crippen molar-refractivity contribution < 1.29 is 5.11 Å². The first kappa shape index (κ1) is 11.8. The van der Waals surface area contributed by atoms with Crippen molar-refractivity contribution in [2.24, 2.45) is 0 Å². The number of thiophene rings is 1. The van der Waals surface area contributed by atoms with E-state index in [4.69, 9.17) is 0 Å². The van der Waals surface area contributed by atoms with E-state index in [9.17, 15) is 5.11 Å². The van der Waals surface area contributed by atoms with Crippen LogP contribution in [0.15, 0.2) is 52.4 Å². The summed E-state index contributed by atoms with van der Waals surface area (Å²) in [7, 11) is 0. The maximum absolute atomic E-state index is 10.5. The molecule has 0 aliphatic heterocycles. The van der Waals surface area contributed by atoms with Crippen molar-refractivity contribution in [2.45, 2.75) is 6.10 Å². The molecule has 1 aromatic carbocycles. The Morgan fingerprint density at radius 2 is 2.06 bits per heavy atom. The van der Waals surface area contributed by atoms with Crippen LogP contribution in [0.4, 0.5) is 0 Å². The topological polar surface area (TPSA) is 33.1 Å². The molecule has 1 N–H and O–H groups in total. The normalized spacial score (nSPS) is 12.8. The van der Waals surface area contributed by atoms with Gasteiger partial charge in [0.15, 0.2) is 0 Å². The van der Waals surface area contributed by atoms with Gasteiger partial charge in [0, 0.05) is 20.9 Å². The van der Waals surface area contributed by atoms with Crippen molar-refractivity contribution in [3.63, 3.8) is 0 Å². The van der Waals surface area contributed by atoms with Gasteiger partial charge in [-0.15, -0.1) is 11.3 Å². The molecule has 0 bridgehead atoms. The first-order valence-electron chi connectivity index (χ1n) is 5.52. The molecule has 2 heterocycles. The van der Waals surface area contributed by atoms with E-state index in [1.807, 2.05) is 29.6 Å². The number of fused-ring (bicyclic) bond motifs is 1. The van der Waals surface area contributed by atoms with Crippen LogP contribution in [-0.2, 0) is 0 Å². The lowest BCUT2D eigenvalue weighted by molar-refractivity contribution is 0.216. The number of aliphatic hydroxyl groups is 1. The highest BCUT2D eigenvalue weighted by Gasteiger charge is 2.17. The van der Waals surface area contributed by atoms with Gasteiger partial charge in [-0.05, 0) is 44.9 Å². The molecule has 4 heteroatoms. The van der Waals surface area contributed by atoms with Gasteiger partial charge in [0.25, 0.3) is 0 Å². The highest BCUT2D eigenvalue weighted by molar-refractivity contribution is 9.10. The van der Waals surface area contributed by atoms with Crippen LogP contribution in [-0.4, -0.2) is 10.1 Å². The molecule has 0 saturated carbocycles. The lowest BCUT2D eigenvalue weighted by Crippen LogP contribution is -2.03. The molecule has 0 fully saturated rings. The van der Waals surface area contributed by atoms with Crippen molar-refractivity contribution in [2.75, 3.05) is 0 Å². The molecule has 2 nitrogen and oxygen atoms in total. The van der Waals surface area contributed by atoms with Gasteiger partial charge in [-0.25, -0.2) is 0 Å². The second kappa shape index (κ2) is 4.80. The van der Waals surface area contributed by atoms with Crippen LogP contribution in [0.1, 0.15) is 17.4 Å². The van der Waals surface area contributed by atoms with Crippen LogP contribution in [0.3, 0.4) is 0 Å². The van der Waals surface area contributed by atoms with Gasteiger partial charge >= 0.3 is 0 Å². The summed E-state index contributed by atoms with van der Waals surface area (Å²) in [5, 5.41) is 13.7. The summed E-state index contributed by atoms with van der Waals surface area (Å²) in [6.07, 6.45) is 0.987. The Hall–Kier alpha value is -1.23. The molecule has 0 saturated heterocycles. The number of hydrogen-bond acceptors (Lipinski definition) is 3. The molecule has 0 aliphatic rings. The number of pyridine rings is 1. The second-order valence-electron chi connectivity index (χ2n) is 3.96. The Bertz CT molecular complexity index is 695. The number of aromatic nitrogens is 1. The van der Waals surface area contributed by atoms with Crippen LogP contribution in [0.5, 0.6) is 0 Å². The number of rotatable bonds is 2. The van der Waals surface area contributed by atoms with Crippen LogP contribution in [0.25, 0.3) is 10.1 Å². The zero-order valence-electron chi connectivity index (χ0n) is 9.38. The molecule has 90 valence electrons. The third-order valence-electron chi connectivity index (χ3n) is 2.85. The fourth-order valence-corrected chi connectivity index (χ4v) is 3.39. The second-order valence-corrected chi connectivity index (χ2v) is 5.73. The predicted octanol–water partition coefficient (Wildman–Crippen LogP) is 4.14. The lowest BCUT2D eigenvalue weighted by atomic mass is 10.0. The fourth-order valence-electron chi connectivity index (χ4n) is 1.98. The number of aliphatic hydroxyl groups excluding tert-OH is 1. The zero-order chi connectivity index (χ0) is 12.5. The fraction of sp³-hybridized carbons (Fsp3) is 0.0714. The first-order chi connectivity index (χ1) is 8.77. The molecule has 18 heavy (non-hydrogen) atoms. The molecule has 0 radical (unpaired) electrons. The van der Waals surface area contributed by atoms with E-state index in [2.05, 4.69) is 33.0 Å². The standard InChI is InChI=1S/C14H10BrNOS/c15-11-5-2-7-16-12(11)13(17)10-4-1-3-9-6-8-18-14(9)10/h1-8,13,17H. The van der Waals surface area contributed by atoms with Gasteiger partial charge in [0.05, 0.1) is 5.69 Å². The van der Waals surface area contributed by atoms with Crippen LogP contribution < -0.4 is 0 Å². The van der Waals surface area contributed by atoms with Gasteiger partial charge in [-0.1, -0.05) is 18.2 Å². The van der Waals surface area contributed by atoms with E-state index in [1.54, 1.807) is 17.5 Å². The quantitative estimate of drug-likeness (QED) is 0.770. The summed E-state index contributed by atoms with van der Waals surface area (Å²) in [5.41, 5.74) is 1.56. The zero-order valence-corrected chi connectivity index (χ0v) is 11.8. The largest absolute Gasteiger partial charge is 0.382 e. The molecular formula is C14H10BrNOS. The smallest absolute Gasteiger partial charge is 0.123 e. The average molecular weight is 320 g/mol. The Balaban J connectivity index is 2.15. The van der Waals surface area contributed by atoms with Crippen molar-refractivity contribution in [1.29, 1.82) is 0 Å². The molecule has 0 amide bonds. The summed E-state index contributed by atoms with van der Waals surface area (Å²) in [4.78, 5) is 4.25. The van der Waals surface area contributed by atoms with E-state index in [-0.39, 0.29) is 0 Å². The predicted molar refractivity (Wildman–Crippen MR) is 77.8 cm³/mol. The lowest BCUT2D eigenvalue weighted by Gasteiger charge is -2.12. The van der Waals surface area contributed by atoms with Gasteiger partial charge in [-0.3, -0.25) is 4.98 Å². The van der Waals surface area contributed by atoms with Crippen molar-refractivity contribution in [3.8, 4) is 0 Å². The van der Waals surface area contributed by atoms with E-state index in [0.29, 0.717) is 5.69 Å². The maximum atomic E-state index is 10.5. The van der Waals surface area contributed by atoms with E-state index >= 15 is 0 Å². The first-order valence-corrected chi connectivity index (χ1v) is 7.19. The summed E-state index contributed by atoms with van der Waals surface area (Å²) in [6.45, 7) is 0. The minimum atomic E-state index is -0.706. The maximum Gasteiger partial charge on any atom is 0.123 e. The minimum absolute atomic E-state index is 0.651. The molecule has 0 aliphatic carbocycles. The molecule has 3 rings (SSSR count). The van der Waals surface area contributed by atoms with E-state index < -0.39 is 6.10 Å². The molecule has 3 aromatic rings. The van der Waals surface area contributed by atoms with Gasteiger partial charge in [0.1, 0.15) is 6.10 Å². The third kappa shape index (κ3) is 1.96. The van der Waals surface area contributed by atoms with Crippen LogP contribution >= 0.6 is 27.3 Å².